The smallest absolute Gasteiger partial charge is 0.164 e. The molecule has 0 aromatic heterocycles. The van der Waals surface area contributed by atoms with Gasteiger partial charge in [-0.05, 0) is 55.4 Å². The van der Waals surface area contributed by atoms with Gasteiger partial charge in [-0.15, -0.1) is 0 Å². The Morgan fingerprint density at radius 3 is 2.43 bits per heavy atom. The fraction of sp³-hybridized carbons (Fsp3) is 0.440. The molecule has 2 aromatic carbocycles. The largest absolute Gasteiger partial charge is 0.497 e. The highest BCUT2D eigenvalue weighted by Gasteiger charge is 2.20. The minimum atomic E-state index is -0.809. The van der Waals surface area contributed by atoms with E-state index in [1.807, 2.05) is 6.08 Å². The van der Waals surface area contributed by atoms with E-state index >= 15 is 0 Å². The summed E-state index contributed by atoms with van der Waals surface area (Å²) in [7, 11) is 1.50. The molecule has 0 amide bonds. The van der Waals surface area contributed by atoms with Crippen molar-refractivity contribution in [2.24, 2.45) is 0 Å². The Kier molecular flexibility index (Phi) is 7.97. The van der Waals surface area contributed by atoms with E-state index in [1.165, 1.54) is 13.2 Å². The number of halogens is 3. The van der Waals surface area contributed by atoms with Crippen LogP contribution in [0.5, 0.6) is 5.75 Å². The summed E-state index contributed by atoms with van der Waals surface area (Å²) in [6, 6.07) is 8.13. The van der Waals surface area contributed by atoms with E-state index in [4.69, 9.17) is 9.47 Å². The summed E-state index contributed by atoms with van der Waals surface area (Å²) >= 11 is 0. The molecule has 162 valence electrons. The second-order valence-electron chi connectivity index (χ2n) is 7.75. The van der Waals surface area contributed by atoms with Crippen LogP contribution in [0.1, 0.15) is 62.1 Å². The van der Waals surface area contributed by atoms with E-state index in [1.54, 1.807) is 24.3 Å². The van der Waals surface area contributed by atoms with Gasteiger partial charge in [0.1, 0.15) is 11.6 Å². The molecule has 1 atom stereocenters. The van der Waals surface area contributed by atoms with E-state index in [-0.39, 0.29) is 24.1 Å². The Balaban J connectivity index is 1.57. The lowest BCUT2D eigenvalue weighted by Gasteiger charge is -2.23. The number of ether oxygens (including phenoxy) is 2. The van der Waals surface area contributed by atoms with Crippen LogP contribution in [0, 0.1) is 17.5 Å². The van der Waals surface area contributed by atoms with E-state index in [9.17, 15) is 13.2 Å². The molecular formula is C25H29F3O2. The number of benzene rings is 2. The first-order valence-electron chi connectivity index (χ1n) is 10.6. The molecule has 5 heteroatoms. The summed E-state index contributed by atoms with van der Waals surface area (Å²) in [4.78, 5) is 0. The molecule has 0 spiro atoms. The monoisotopic (exact) mass is 418 g/mol. The van der Waals surface area contributed by atoms with Crippen molar-refractivity contribution in [3.8, 4) is 5.75 Å². The molecule has 1 unspecified atom stereocenters. The third-order valence-electron chi connectivity index (χ3n) is 5.65. The molecule has 1 aliphatic rings. The zero-order valence-electron chi connectivity index (χ0n) is 17.6. The molecule has 1 aliphatic carbocycles. The first-order valence-corrected chi connectivity index (χ1v) is 10.6. The maximum atomic E-state index is 14.4. The van der Waals surface area contributed by atoms with Crippen LogP contribution in [-0.4, -0.2) is 13.2 Å². The summed E-state index contributed by atoms with van der Waals surface area (Å²) in [5.74, 6) is -1.39. The number of allylic oxidation sites excluding steroid dienone is 1. The second-order valence-corrected chi connectivity index (χ2v) is 7.75. The number of aryl methyl sites for hydroxylation is 1. The fourth-order valence-electron chi connectivity index (χ4n) is 3.80. The molecule has 0 heterocycles. The van der Waals surface area contributed by atoms with Crippen LogP contribution in [-0.2, 0) is 17.8 Å². The maximum absolute atomic E-state index is 14.4. The lowest BCUT2D eigenvalue weighted by atomic mass is 9.91. The Morgan fingerprint density at radius 2 is 1.77 bits per heavy atom. The standard InChI is InChI=1S/C25H29F3O2/c1-3-4-5-6-18-7-8-19(25(28)24(18)27)16-30-20-11-9-17(10-12-20)22-14-13-21(29-2)15-23(22)26/h7-9,13-15,20H,3-6,10-12,16H2,1-2H3. The Bertz CT molecular complexity index is 892. The van der Waals surface area contributed by atoms with Gasteiger partial charge in [0.05, 0.1) is 19.8 Å². The number of methoxy groups -OCH3 is 1. The normalized spacial score (nSPS) is 16.4. The van der Waals surface area contributed by atoms with Gasteiger partial charge in [-0.25, -0.2) is 13.2 Å². The van der Waals surface area contributed by atoms with Crippen LogP contribution < -0.4 is 4.74 Å². The molecule has 2 aromatic rings. The molecule has 0 radical (unpaired) electrons. The highest BCUT2D eigenvalue weighted by atomic mass is 19.2. The maximum Gasteiger partial charge on any atom is 0.164 e. The van der Waals surface area contributed by atoms with Gasteiger partial charge in [0, 0.05) is 17.2 Å². The minimum Gasteiger partial charge on any atom is -0.497 e. The predicted octanol–water partition coefficient (Wildman–Crippen LogP) is 7.00. The quantitative estimate of drug-likeness (QED) is 0.408. The third-order valence-corrected chi connectivity index (χ3v) is 5.65. The summed E-state index contributed by atoms with van der Waals surface area (Å²) in [6.45, 7) is 2.11. The number of hydrogen-bond donors (Lipinski definition) is 0. The second kappa shape index (κ2) is 10.7. The van der Waals surface area contributed by atoms with Gasteiger partial charge in [-0.2, -0.15) is 0 Å². The van der Waals surface area contributed by atoms with Gasteiger partial charge in [-0.1, -0.05) is 38.0 Å². The first kappa shape index (κ1) is 22.4. The SMILES string of the molecule is CCCCCc1ccc(COC2CC=C(c3ccc(OC)cc3F)CC2)c(F)c1F. The number of hydrogen-bond acceptors (Lipinski definition) is 2. The van der Waals surface area contributed by atoms with E-state index in [0.29, 0.717) is 42.6 Å². The van der Waals surface area contributed by atoms with Crippen molar-refractivity contribution in [1.82, 2.24) is 0 Å². The fourth-order valence-corrected chi connectivity index (χ4v) is 3.80. The van der Waals surface area contributed by atoms with Crippen molar-refractivity contribution < 1.29 is 22.6 Å². The average molecular weight is 418 g/mol. The molecule has 3 rings (SSSR count). The molecular weight excluding hydrogens is 389 g/mol. The molecule has 0 fully saturated rings. The van der Waals surface area contributed by atoms with Crippen LogP contribution in [0.4, 0.5) is 13.2 Å². The zero-order valence-corrected chi connectivity index (χ0v) is 17.6. The van der Waals surface area contributed by atoms with Gasteiger partial charge in [0.25, 0.3) is 0 Å². The lowest BCUT2D eigenvalue weighted by Crippen LogP contribution is -2.16. The molecule has 2 nitrogen and oxygen atoms in total. The van der Waals surface area contributed by atoms with Crippen molar-refractivity contribution in [2.45, 2.75) is 64.6 Å². The van der Waals surface area contributed by atoms with Gasteiger partial charge in [-0.3, -0.25) is 0 Å². The van der Waals surface area contributed by atoms with Gasteiger partial charge in [0.2, 0.25) is 0 Å². The Hall–Kier alpha value is -2.27. The van der Waals surface area contributed by atoms with E-state index in [2.05, 4.69) is 6.92 Å². The van der Waals surface area contributed by atoms with E-state index in [0.717, 1.165) is 24.8 Å². The van der Waals surface area contributed by atoms with Crippen LogP contribution in [0.2, 0.25) is 0 Å². The van der Waals surface area contributed by atoms with Crippen LogP contribution in [0.15, 0.2) is 36.4 Å². The van der Waals surface area contributed by atoms with Crippen molar-refractivity contribution in [1.29, 1.82) is 0 Å². The molecule has 30 heavy (non-hydrogen) atoms. The lowest BCUT2D eigenvalue weighted by molar-refractivity contribution is 0.0342. The van der Waals surface area contributed by atoms with Crippen molar-refractivity contribution in [2.75, 3.05) is 7.11 Å². The Labute approximate surface area is 176 Å². The van der Waals surface area contributed by atoms with Crippen molar-refractivity contribution >= 4 is 5.57 Å². The van der Waals surface area contributed by atoms with Gasteiger partial charge < -0.3 is 9.47 Å². The van der Waals surface area contributed by atoms with Gasteiger partial charge >= 0.3 is 0 Å². The summed E-state index contributed by atoms with van der Waals surface area (Å²) in [6.07, 6.45) is 7.30. The topological polar surface area (TPSA) is 18.5 Å². The van der Waals surface area contributed by atoms with Crippen molar-refractivity contribution in [3.63, 3.8) is 0 Å². The average Bonchev–Trinajstić information content (AvgIpc) is 2.76. The molecule has 0 aliphatic heterocycles. The summed E-state index contributed by atoms with van der Waals surface area (Å²) in [5.41, 5.74) is 2.17. The molecule has 0 bridgehead atoms. The van der Waals surface area contributed by atoms with Gasteiger partial charge in [0.15, 0.2) is 11.6 Å². The highest BCUT2D eigenvalue weighted by molar-refractivity contribution is 5.67. The van der Waals surface area contributed by atoms with Crippen LogP contribution in [0.25, 0.3) is 5.57 Å². The zero-order chi connectivity index (χ0) is 21.5. The minimum absolute atomic E-state index is 0.0305. The summed E-state index contributed by atoms with van der Waals surface area (Å²) < 4.78 is 53.8. The van der Waals surface area contributed by atoms with E-state index < -0.39 is 11.6 Å². The molecule has 0 saturated heterocycles. The molecule has 0 N–H and O–H groups in total. The van der Waals surface area contributed by atoms with Crippen molar-refractivity contribution in [3.05, 3.63) is 70.5 Å². The Morgan fingerprint density at radius 1 is 1.00 bits per heavy atom. The molecule has 0 saturated carbocycles. The predicted molar refractivity (Wildman–Crippen MR) is 113 cm³/mol. The first-order chi connectivity index (χ1) is 14.5. The third kappa shape index (κ3) is 5.45. The number of unbranched alkanes of at least 4 members (excludes halogenated alkanes) is 2. The van der Waals surface area contributed by atoms with Crippen LogP contribution in [0.3, 0.4) is 0 Å². The highest BCUT2D eigenvalue weighted by Crippen LogP contribution is 2.32. The van der Waals surface area contributed by atoms with Crippen LogP contribution >= 0.6 is 0 Å². The summed E-state index contributed by atoms with van der Waals surface area (Å²) in [5, 5.41) is 0. The number of rotatable bonds is 9.